The minimum atomic E-state index is -0.540. The van der Waals surface area contributed by atoms with Gasteiger partial charge in [0.2, 0.25) is 0 Å². The van der Waals surface area contributed by atoms with E-state index in [2.05, 4.69) is 10.3 Å². The Kier molecular flexibility index (Phi) is 5.34. The Hall–Kier alpha value is -1.69. The largest absolute Gasteiger partial charge is 0.493 e. The van der Waals surface area contributed by atoms with Crippen LogP contribution in [-0.2, 0) is 0 Å². The van der Waals surface area contributed by atoms with Gasteiger partial charge in [0.1, 0.15) is 10.8 Å². The summed E-state index contributed by atoms with van der Waals surface area (Å²) in [5.41, 5.74) is 0.335. The van der Waals surface area contributed by atoms with Crippen molar-refractivity contribution in [2.75, 3.05) is 19.5 Å². The molecule has 8 heteroatoms. The SMILES string of the molecule is COc1cc(Cl)c(NC(=O)c2nc(Cl)ccc2Cl)cc1OC. The number of rotatable bonds is 4. The molecule has 1 heterocycles. The van der Waals surface area contributed by atoms with Gasteiger partial charge >= 0.3 is 0 Å². The van der Waals surface area contributed by atoms with Crippen LogP contribution in [0.2, 0.25) is 15.2 Å². The quantitative estimate of drug-likeness (QED) is 0.824. The number of amides is 1. The highest BCUT2D eigenvalue weighted by atomic mass is 35.5. The van der Waals surface area contributed by atoms with E-state index in [1.807, 2.05) is 0 Å². The molecule has 22 heavy (non-hydrogen) atoms. The summed E-state index contributed by atoms with van der Waals surface area (Å²) in [5, 5.41) is 3.23. The predicted octanol–water partition coefficient (Wildman–Crippen LogP) is 4.31. The number of methoxy groups -OCH3 is 2. The molecule has 0 spiro atoms. The molecule has 2 rings (SSSR count). The fraction of sp³-hybridized carbons (Fsp3) is 0.143. The van der Waals surface area contributed by atoms with Gasteiger partial charge in [0, 0.05) is 12.1 Å². The number of aromatic nitrogens is 1. The highest BCUT2D eigenvalue weighted by Gasteiger charge is 2.16. The maximum Gasteiger partial charge on any atom is 0.275 e. The average molecular weight is 362 g/mol. The lowest BCUT2D eigenvalue weighted by atomic mass is 10.2. The first-order valence-corrected chi connectivity index (χ1v) is 7.14. The fourth-order valence-electron chi connectivity index (χ4n) is 1.71. The number of hydrogen-bond acceptors (Lipinski definition) is 4. The van der Waals surface area contributed by atoms with Crippen LogP contribution in [0.15, 0.2) is 24.3 Å². The topological polar surface area (TPSA) is 60.5 Å². The molecular weight excluding hydrogens is 351 g/mol. The summed E-state index contributed by atoms with van der Waals surface area (Å²) in [6.07, 6.45) is 0. The molecule has 1 N–H and O–H groups in total. The molecule has 1 aromatic heterocycles. The van der Waals surface area contributed by atoms with E-state index < -0.39 is 5.91 Å². The van der Waals surface area contributed by atoms with Crippen LogP contribution < -0.4 is 14.8 Å². The first-order chi connectivity index (χ1) is 10.5. The number of anilines is 1. The third-order valence-electron chi connectivity index (χ3n) is 2.75. The predicted molar refractivity (Wildman–Crippen MR) is 86.8 cm³/mol. The van der Waals surface area contributed by atoms with E-state index in [1.165, 1.54) is 38.5 Å². The molecule has 0 saturated heterocycles. The molecule has 0 saturated carbocycles. The molecule has 0 unspecified atom stereocenters. The Labute approximate surface area is 142 Å². The average Bonchev–Trinajstić information content (AvgIpc) is 2.51. The number of nitrogens with zero attached hydrogens (tertiary/aromatic N) is 1. The van der Waals surface area contributed by atoms with Crippen LogP contribution in [0.3, 0.4) is 0 Å². The molecule has 0 radical (unpaired) electrons. The van der Waals surface area contributed by atoms with Gasteiger partial charge in [-0.3, -0.25) is 4.79 Å². The fourth-order valence-corrected chi connectivity index (χ4v) is 2.25. The monoisotopic (exact) mass is 360 g/mol. The van der Waals surface area contributed by atoms with Crippen molar-refractivity contribution < 1.29 is 14.3 Å². The van der Waals surface area contributed by atoms with Gasteiger partial charge in [0.25, 0.3) is 5.91 Å². The van der Waals surface area contributed by atoms with Crippen molar-refractivity contribution in [3.05, 3.63) is 45.2 Å². The van der Waals surface area contributed by atoms with Crippen LogP contribution in [0.5, 0.6) is 11.5 Å². The molecule has 1 aromatic carbocycles. The van der Waals surface area contributed by atoms with Crippen molar-refractivity contribution in [1.82, 2.24) is 4.98 Å². The lowest BCUT2D eigenvalue weighted by Crippen LogP contribution is -2.15. The normalized spacial score (nSPS) is 10.2. The summed E-state index contributed by atoms with van der Waals surface area (Å²) in [5.74, 6) is 0.332. The summed E-state index contributed by atoms with van der Waals surface area (Å²) in [4.78, 5) is 16.1. The van der Waals surface area contributed by atoms with Gasteiger partial charge in [0.05, 0.1) is 30.0 Å². The Balaban J connectivity index is 2.34. The summed E-state index contributed by atoms with van der Waals surface area (Å²) >= 11 is 17.8. The number of halogens is 3. The number of nitrogens with one attached hydrogen (secondary N) is 1. The van der Waals surface area contributed by atoms with Crippen LogP contribution in [0.25, 0.3) is 0 Å². The highest BCUT2D eigenvalue weighted by molar-refractivity contribution is 6.36. The zero-order chi connectivity index (χ0) is 16.3. The Morgan fingerprint density at radius 3 is 2.32 bits per heavy atom. The standard InChI is InChI=1S/C14H11Cl3N2O3/c1-21-10-5-8(16)9(6-11(10)22-2)18-14(20)13-7(15)3-4-12(17)19-13/h3-6H,1-2H3,(H,18,20). The number of pyridine rings is 1. The second kappa shape index (κ2) is 7.05. The Morgan fingerprint density at radius 1 is 1.05 bits per heavy atom. The molecule has 0 aliphatic carbocycles. The third-order valence-corrected chi connectivity index (χ3v) is 3.58. The summed E-state index contributed by atoms with van der Waals surface area (Å²) < 4.78 is 10.3. The number of hydrogen-bond donors (Lipinski definition) is 1. The lowest BCUT2D eigenvalue weighted by molar-refractivity contribution is 0.102. The van der Waals surface area contributed by atoms with E-state index in [1.54, 1.807) is 0 Å². The minimum Gasteiger partial charge on any atom is -0.493 e. The molecule has 116 valence electrons. The molecule has 5 nitrogen and oxygen atoms in total. The van der Waals surface area contributed by atoms with Crippen molar-refractivity contribution in [2.24, 2.45) is 0 Å². The third kappa shape index (κ3) is 3.55. The molecule has 0 aliphatic heterocycles. The van der Waals surface area contributed by atoms with Crippen molar-refractivity contribution >= 4 is 46.4 Å². The molecular formula is C14H11Cl3N2O3. The molecule has 0 bridgehead atoms. The molecule has 0 fully saturated rings. The summed E-state index contributed by atoms with van der Waals surface area (Å²) in [6.45, 7) is 0. The van der Waals surface area contributed by atoms with Crippen molar-refractivity contribution in [3.8, 4) is 11.5 Å². The van der Waals surface area contributed by atoms with Gasteiger partial charge in [-0.2, -0.15) is 0 Å². The first kappa shape index (κ1) is 16.7. The Bertz CT molecular complexity index is 723. The molecule has 0 aliphatic rings. The molecule has 0 atom stereocenters. The maximum atomic E-state index is 12.2. The smallest absolute Gasteiger partial charge is 0.275 e. The van der Waals surface area contributed by atoms with Gasteiger partial charge in [-0.25, -0.2) is 4.98 Å². The van der Waals surface area contributed by atoms with Crippen LogP contribution in [-0.4, -0.2) is 25.1 Å². The highest BCUT2D eigenvalue weighted by Crippen LogP contribution is 2.36. The summed E-state index contributed by atoms with van der Waals surface area (Å²) in [7, 11) is 2.97. The van der Waals surface area contributed by atoms with E-state index in [0.29, 0.717) is 17.2 Å². The van der Waals surface area contributed by atoms with Gasteiger partial charge in [0.15, 0.2) is 11.5 Å². The van der Waals surface area contributed by atoms with Gasteiger partial charge < -0.3 is 14.8 Å². The second-order valence-electron chi connectivity index (χ2n) is 4.11. The van der Waals surface area contributed by atoms with Crippen LogP contribution >= 0.6 is 34.8 Å². The lowest BCUT2D eigenvalue weighted by Gasteiger charge is -2.12. The van der Waals surface area contributed by atoms with Gasteiger partial charge in [-0.05, 0) is 12.1 Å². The zero-order valence-corrected chi connectivity index (χ0v) is 13.9. The van der Waals surface area contributed by atoms with E-state index in [4.69, 9.17) is 44.3 Å². The minimum absolute atomic E-state index is 0.0000169. The Morgan fingerprint density at radius 2 is 1.68 bits per heavy atom. The van der Waals surface area contributed by atoms with Crippen molar-refractivity contribution in [2.45, 2.75) is 0 Å². The van der Waals surface area contributed by atoms with Crippen LogP contribution in [0.1, 0.15) is 10.5 Å². The number of carbonyl (C=O) groups is 1. The van der Waals surface area contributed by atoms with E-state index in [0.717, 1.165) is 0 Å². The van der Waals surface area contributed by atoms with Crippen molar-refractivity contribution in [1.29, 1.82) is 0 Å². The van der Waals surface area contributed by atoms with E-state index in [-0.39, 0.29) is 20.9 Å². The first-order valence-electron chi connectivity index (χ1n) is 6.01. The van der Waals surface area contributed by atoms with Gasteiger partial charge in [-0.1, -0.05) is 34.8 Å². The van der Waals surface area contributed by atoms with Crippen molar-refractivity contribution in [3.63, 3.8) is 0 Å². The molecule has 1 amide bonds. The van der Waals surface area contributed by atoms with Gasteiger partial charge in [-0.15, -0.1) is 0 Å². The maximum absolute atomic E-state index is 12.2. The number of ether oxygens (including phenoxy) is 2. The number of benzene rings is 1. The van der Waals surface area contributed by atoms with Crippen LogP contribution in [0.4, 0.5) is 5.69 Å². The summed E-state index contributed by atoms with van der Waals surface area (Å²) in [6, 6.07) is 6.05. The molecule has 2 aromatic rings. The number of carbonyl (C=O) groups excluding carboxylic acids is 1. The van der Waals surface area contributed by atoms with E-state index in [9.17, 15) is 4.79 Å². The van der Waals surface area contributed by atoms with Crippen LogP contribution in [0, 0.1) is 0 Å². The second-order valence-corrected chi connectivity index (χ2v) is 5.31. The van der Waals surface area contributed by atoms with E-state index >= 15 is 0 Å². The zero-order valence-electron chi connectivity index (χ0n) is 11.6.